The summed E-state index contributed by atoms with van der Waals surface area (Å²) in [6, 6.07) is 2.31. The molecule has 1 saturated carbocycles. The largest absolute Gasteiger partial charge is 0.467 e. The highest BCUT2D eigenvalue weighted by molar-refractivity contribution is 5.82. The van der Waals surface area contributed by atoms with Crippen LogP contribution in [0.3, 0.4) is 0 Å². The maximum absolute atomic E-state index is 14.1. The second-order valence-corrected chi connectivity index (χ2v) is 5.12. The third-order valence-electron chi connectivity index (χ3n) is 3.45. The predicted molar refractivity (Wildman–Crippen MR) is 66.6 cm³/mol. The van der Waals surface area contributed by atoms with Gasteiger partial charge in [0.1, 0.15) is 17.2 Å². The van der Waals surface area contributed by atoms with Crippen LogP contribution in [0.5, 0.6) is 0 Å². The Morgan fingerprint density at radius 3 is 2.53 bits per heavy atom. The number of carbonyl (C=O) groups is 1. The first-order valence-corrected chi connectivity index (χ1v) is 6.20. The Bertz CT molecular complexity index is 514. The van der Waals surface area contributed by atoms with Crippen molar-refractivity contribution in [2.45, 2.75) is 38.3 Å². The molecule has 0 aromatic heterocycles. The van der Waals surface area contributed by atoms with E-state index in [1.807, 2.05) is 0 Å². The molecule has 1 N–H and O–H groups in total. The molecule has 3 nitrogen and oxygen atoms in total. The fourth-order valence-corrected chi connectivity index (χ4v) is 2.12. The van der Waals surface area contributed by atoms with E-state index in [0.717, 1.165) is 25.0 Å². The lowest BCUT2D eigenvalue weighted by Gasteiger charge is -2.29. The highest BCUT2D eigenvalue weighted by Gasteiger charge is 2.43. The third-order valence-corrected chi connectivity index (χ3v) is 3.45. The summed E-state index contributed by atoms with van der Waals surface area (Å²) in [5.41, 5.74) is -1.18. The molecule has 0 heterocycles. The van der Waals surface area contributed by atoms with E-state index in [1.54, 1.807) is 0 Å². The van der Waals surface area contributed by atoms with Crippen LogP contribution in [-0.2, 0) is 15.1 Å². The van der Waals surface area contributed by atoms with Gasteiger partial charge in [-0.25, -0.2) is 13.6 Å². The first kappa shape index (κ1) is 13.9. The van der Waals surface area contributed by atoms with Crippen LogP contribution >= 0.6 is 0 Å². The van der Waals surface area contributed by atoms with E-state index in [0.29, 0.717) is 0 Å². The highest BCUT2D eigenvalue weighted by atomic mass is 19.1. The average Bonchev–Trinajstić information content (AvgIpc) is 3.16. The number of hydrogen-bond acceptors (Lipinski definition) is 3. The molecule has 0 radical (unpaired) electrons. The van der Waals surface area contributed by atoms with Gasteiger partial charge in [0.25, 0.3) is 0 Å². The van der Waals surface area contributed by atoms with Gasteiger partial charge in [-0.1, -0.05) is 0 Å². The standard InChI is InChI=1S/C14H17F2NO2/c1-8-6-12(16)10(7-11(8)15)14(2,13(18)19-3)17-9-4-5-9/h6-7,9,17H,4-5H2,1-3H3. The van der Waals surface area contributed by atoms with Crippen LogP contribution in [-0.4, -0.2) is 19.1 Å². The lowest BCUT2D eigenvalue weighted by Crippen LogP contribution is -2.49. The van der Waals surface area contributed by atoms with Gasteiger partial charge < -0.3 is 4.74 Å². The summed E-state index contributed by atoms with van der Waals surface area (Å²) in [7, 11) is 1.23. The minimum absolute atomic E-state index is 0.0191. The molecule has 0 saturated heterocycles. The van der Waals surface area contributed by atoms with Crippen LogP contribution in [0.25, 0.3) is 0 Å². The number of methoxy groups -OCH3 is 1. The van der Waals surface area contributed by atoms with Crippen molar-refractivity contribution < 1.29 is 18.3 Å². The van der Waals surface area contributed by atoms with Gasteiger partial charge in [-0.15, -0.1) is 0 Å². The molecule has 1 unspecified atom stereocenters. The maximum Gasteiger partial charge on any atom is 0.330 e. The number of hydrogen-bond donors (Lipinski definition) is 1. The van der Waals surface area contributed by atoms with Gasteiger partial charge >= 0.3 is 5.97 Å². The van der Waals surface area contributed by atoms with Gasteiger partial charge in [0, 0.05) is 11.6 Å². The van der Waals surface area contributed by atoms with Crippen LogP contribution in [0.15, 0.2) is 12.1 Å². The zero-order chi connectivity index (χ0) is 14.2. The first-order chi connectivity index (χ1) is 8.88. The molecule has 19 heavy (non-hydrogen) atoms. The van der Waals surface area contributed by atoms with Crippen LogP contribution in [0.2, 0.25) is 0 Å². The minimum atomic E-state index is -1.37. The molecule has 0 aliphatic heterocycles. The van der Waals surface area contributed by atoms with Gasteiger partial charge in [-0.3, -0.25) is 5.32 Å². The summed E-state index contributed by atoms with van der Waals surface area (Å²) in [6.07, 6.45) is 1.84. The van der Waals surface area contributed by atoms with Gasteiger partial charge in [0.15, 0.2) is 0 Å². The Morgan fingerprint density at radius 1 is 1.37 bits per heavy atom. The Balaban J connectivity index is 2.48. The van der Waals surface area contributed by atoms with E-state index in [4.69, 9.17) is 4.74 Å². The molecule has 0 spiro atoms. The third kappa shape index (κ3) is 2.61. The van der Waals surface area contributed by atoms with Gasteiger partial charge in [-0.2, -0.15) is 0 Å². The first-order valence-electron chi connectivity index (χ1n) is 6.20. The van der Waals surface area contributed by atoms with Crippen molar-refractivity contribution in [1.82, 2.24) is 5.32 Å². The number of nitrogens with one attached hydrogen (secondary N) is 1. The fourth-order valence-electron chi connectivity index (χ4n) is 2.12. The second-order valence-electron chi connectivity index (χ2n) is 5.12. The molecule has 0 amide bonds. The molecule has 1 aliphatic rings. The van der Waals surface area contributed by atoms with Crippen molar-refractivity contribution in [3.05, 3.63) is 34.9 Å². The average molecular weight is 269 g/mol. The Kier molecular flexibility index (Phi) is 3.58. The van der Waals surface area contributed by atoms with Crippen LogP contribution in [0.4, 0.5) is 8.78 Å². The second kappa shape index (κ2) is 4.89. The molecule has 0 bridgehead atoms. The van der Waals surface area contributed by atoms with Crippen molar-refractivity contribution in [2.24, 2.45) is 0 Å². The number of ether oxygens (including phenoxy) is 1. The number of carbonyl (C=O) groups excluding carboxylic acids is 1. The molecule has 1 aromatic rings. The van der Waals surface area contributed by atoms with E-state index in [9.17, 15) is 13.6 Å². The summed E-state index contributed by atoms with van der Waals surface area (Å²) >= 11 is 0. The molecular formula is C14H17F2NO2. The van der Waals surface area contributed by atoms with Crippen LogP contribution in [0.1, 0.15) is 30.9 Å². The van der Waals surface area contributed by atoms with E-state index >= 15 is 0 Å². The predicted octanol–water partition coefficient (Wildman–Crippen LogP) is 2.41. The van der Waals surface area contributed by atoms with E-state index in [2.05, 4.69) is 5.32 Å². The molecular weight excluding hydrogens is 252 g/mol. The maximum atomic E-state index is 14.1. The fraction of sp³-hybridized carbons (Fsp3) is 0.500. The summed E-state index contributed by atoms with van der Waals surface area (Å²) in [5.74, 6) is -1.77. The Hall–Kier alpha value is -1.49. The summed E-state index contributed by atoms with van der Waals surface area (Å²) in [6.45, 7) is 3.00. The monoisotopic (exact) mass is 269 g/mol. The van der Waals surface area contributed by atoms with Gasteiger partial charge in [0.05, 0.1) is 7.11 Å². The summed E-state index contributed by atoms with van der Waals surface area (Å²) in [4.78, 5) is 12.0. The molecule has 2 rings (SSSR count). The quantitative estimate of drug-likeness (QED) is 0.853. The number of esters is 1. The van der Waals surface area contributed by atoms with E-state index in [1.165, 1.54) is 21.0 Å². The smallest absolute Gasteiger partial charge is 0.330 e. The lowest BCUT2D eigenvalue weighted by atomic mass is 9.90. The van der Waals surface area contributed by atoms with Crippen molar-refractivity contribution in [3.8, 4) is 0 Å². The van der Waals surface area contributed by atoms with Crippen LogP contribution in [0, 0.1) is 18.6 Å². The normalized spacial score (nSPS) is 17.9. The summed E-state index contributed by atoms with van der Waals surface area (Å²) in [5, 5.41) is 3.04. The number of rotatable bonds is 4. The molecule has 1 fully saturated rings. The zero-order valence-corrected chi connectivity index (χ0v) is 11.2. The van der Waals surface area contributed by atoms with Crippen molar-refractivity contribution in [1.29, 1.82) is 0 Å². The number of aryl methyl sites for hydroxylation is 1. The van der Waals surface area contributed by atoms with Crippen molar-refractivity contribution in [2.75, 3.05) is 7.11 Å². The molecule has 5 heteroatoms. The minimum Gasteiger partial charge on any atom is -0.467 e. The van der Waals surface area contributed by atoms with E-state index in [-0.39, 0.29) is 17.2 Å². The topological polar surface area (TPSA) is 38.3 Å². The number of benzene rings is 1. The van der Waals surface area contributed by atoms with Crippen molar-refractivity contribution in [3.63, 3.8) is 0 Å². The number of halogens is 2. The zero-order valence-electron chi connectivity index (χ0n) is 11.2. The molecule has 1 aromatic carbocycles. The SMILES string of the molecule is COC(=O)C(C)(NC1CC1)c1cc(F)c(C)cc1F. The van der Waals surface area contributed by atoms with Crippen molar-refractivity contribution >= 4 is 5.97 Å². The summed E-state index contributed by atoms with van der Waals surface area (Å²) < 4.78 is 32.5. The molecule has 1 aliphatic carbocycles. The Morgan fingerprint density at radius 2 is 2.00 bits per heavy atom. The Labute approximate surface area is 111 Å². The molecule has 104 valence electrons. The molecule has 1 atom stereocenters. The van der Waals surface area contributed by atoms with Gasteiger partial charge in [-0.05, 0) is 44.4 Å². The highest BCUT2D eigenvalue weighted by Crippen LogP contribution is 2.32. The van der Waals surface area contributed by atoms with E-state index < -0.39 is 23.1 Å². The van der Waals surface area contributed by atoms with Gasteiger partial charge in [0.2, 0.25) is 0 Å². The van der Waals surface area contributed by atoms with Crippen LogP contribution < -0.4 is 5.32 Å². The lowest BCUT2D eigenvalue weighted by molar-refractivity contribution is -0.148.